The lowest BCUT2D eigenvalue weighted by molar-refractivity contribution is 0.345. The Labute approximate surface area is 118 Å². The van der Waals surface area contributed by atoms with Crippen molar-refractivity contribution in [3.05, 3.63) is 42.2 Å². The third-order valence-corrected chi connectivity index (χ3v) is 2.82. The van der Waals surface area contributed by atoms with Gasteiger partial charge in [0.2, 0.25) is 5.75 Å². The molecule has 0 unspecified atom stereocenters. The Hall–Kier alpha value is -2.27. The maximum Gasteiger partial charge on any atom is 0.211 e. The zero-order valence-corrected chi connectivity index (χ0v) is 11.8. The molecule has 0 amide bonds. The fourth-order valence-electron chi connectivity index (χ4n) is 1.86. The molecule has 0 bridgehead atoms. The van der Waals surface area contributed by atoms with Crippen molar-refractivity contribution in [2.45, 2.75) is 6.54 Å². The van der Waals surface area contributed by atoms with Crippen molar-refractivity contribution in [1.82, 2.24) is 10.3 Å². The molecule has 5 heteroatoms. The number of ether oxygens (including phenoxy) is 3. The smallest absolute Gasteiger partial charge is 0.211 e. The predicted molar refractivity (Wildman–Crippen MR) is 76.6 cm³/mol. The van der Waals surface area contributed by atoms with E-state index in [-0.39, 0.29) is 0 Å². The number of nitrogens with zero attached hydrogens (tertiary/aromatic N) is 1. The number of para-hydroxylation sites is 1. The Morgan fingerprint density at radius 1 is 1.05 bits per heavy atom. The molecule has 1 aromatic carbocycles. The second kappa shape index (κ2) is 6.77. The molecule has 0 aliphatic carbocycles. The van der Waals surface area contributed by atoms with Crippen LogP contribution in [0.15, 0.2) is 36.7 Å². The molecule has 5 nitrogen and oxygen atoms in total. The van der Waals surface area contributed by atoms with Crippen LogP contribution in [0.4, 0.5) is 0 Å². The van der Waals surface area contributed by atoms with Crippen LogP contribution >= 0.6 is 0 Å². The minimum Gasteiger partial charge on any atom is -0.493 e. The highest BCUT2D eigenvalue weighted by molar-refractivity contribution is 5.53. The molecule has 0 saturated heterocycles. The molecule has 0 spiro atoms. The molecule has 0 fully saturated rings. The number of pyridine rings is 1. The van der Waals surface area contributed by atoms with E-state index < -0.39 is 0 Å². The van der Waals surface area contributed by atoms with Gasteiger partial charge in [-0.25, -0.2) is 0 Å². The fourth-order valence-corrected chi connectivity index (χ4v) is 1.86. The molecule has 0 saturated carbocycles. The molecular formula is C15H18N2O3. The van der Waals surface area contributed by atoms with Gasteiger partial charge in [-0.15, -0.1) is 0 Å². The number of aromatic nitrogens is 1. The number of benzene rings is 1. The van der Waals surface area contributed by atoms with E-state index in [1.54, 1.807) is 26.6 Å². The van der Waals surface area contributed by atoms with Crippen molar-refractivity contribution in [3.63, 3.8) is 0 Å². The van der Waals surface area contributed by atoms with Crippen molar-refractivity contribution < 1.29 is 14.2 Å². The van der Waals surface area contributed by atoms with E-state index >= 15 is 0 Å². The molecular weight excluding hydrogens is 256 g/mol. The second-order valence-electron chi connectivity index (χ2n) is 4.11. The van der Waals surface area contributed by atoms with Crippen molar-refractivity contribution in [1.29, 1.82) is 0 Å². The van der Waals surface area contributed by atoms with Gasteiger partial charge in [-0.05, 0) is 25.2 Å². The van der Waals surface area contributed by atoms with Crippen LogP contribution in [0.3, 0.4) is 0 Å². The molecule has 0 aliphatic rings. The van der Waals surface area contributed by atoms with Crippen LogP contribution in [-0.4, -0.2) is 26.3 Å². The zero-order valence-electron chi connectivity index (χ0n) is 11.8. The van der Waals surface area contributed by atoms with Crippen LogP contribution in [-0.2, 0) is 6.54 Å². The summed E-state index contributed by atoms with van der Waals surface area (Å²) in [5.41, 5.74) is 0.961. The lowest BCUT2D eigenvalue weighted by Gasteiger charge is -2.15. The molecule has 0 aliphatic heterocycles. The van der Waals surface area contributed by atoms with E-state index in [0.29, 0.717) is 23.8 Å². The van der Waals surface area contributed by atoms with Crippen molar-refractivity contribution in [2.75, 3.05) is 21.3 Å². The maximum atomic E-state index is 5.98. The summed E-state index contributed by atoms with van der Waals surface area (Å²) >= 11 is 0. The standard InChI is InChI=1S/C15H18N2O3/c1-16-9-11-10-17-8-7-12(11)20-15-13(18-2)5-4-6-14(15)19-3/h4-8,10,16H,9H2,1-3H3. The van der Waals surface area contributed by atoms with Crippen LogP contribution < -0.4 is 19.5 Å². The molecule has 1 heterocycles. The van der Waals surface area contributed by atoms with Crippen LogP contribution in [0.2, 0.25) is 0 Å². The number of rotatable bonds is 6. The number of hydrogen-bond acceptors (Lipinski definition) is 5. The zero-order chi connectivity index (χ0) is 14.4. The van der Waals surface area contributed by atoms with E-state index in [1.807, 2.05) is 31.3 Å². The van der Waals surface area contributed by atoms with Crippen LogP contribution in [0.5, 0.6) is 23.0 Å². The van der Waals surface area contributed by atoms with E-state index in [0.717, 1.165) is 11.3 Å². The highest BCUT2D eigenvalue weighted by Crippen LogP contribution is 2.40. The first kappa shape index (κ1) is 14.1. The average molecular weight is 274 g/mol. The first-order chi connectivity index (χ1) is 9.80. The Morgan fingerprint density at radius 2 is 1.75 bits per heavy atom. The summed E-state index contributed by atoms with van der Waals surface area (Å²) in [4.78, 5) is 4.11. The van der Waals surface area contributed by atoms with E-state index in [9.17, 15) is 0 Å². The minimum absolute atomic E-state index is 0.557. The van der Waals surface area contributed by atoms with Gasteiger partial charge in [0.05, 0.1) is 14.2 Å². The first-order valence-electron chi connectivity index (χ1n) is 6.26. The molecule has 1 N–H and O–H groups in total. The van der Waals surface area contributed by atoms with Crippen LogP contribution in [0, 0.1) is 0 Å². The number of hydrogen-bond donors (Lipinski definition) is 1. The largest absolute Gasteiger partial charge is 0.493 e. The highest BCUT2D eigenvalue weighted by Gasteiger charge is 2.14. The summed E-state index contributed by atoms with van der Waals surface area (Å²) in [5.74, 6) is 2.52. The molecule has 20 heavy (non-hydrogen) atoms. The van der Waals surface area contributed by atoms with E-state index in [4.69, 9.17) is 14.2 Å². The van der Waals surface area contributed by atoms with Gasteiger partial charge in [0.1, 0.15) is 5.75 Å². The summed E-state index contributed by atoms with van der Waals surface area (Å²) < 4.78 is 16.6. The van der Waals surface area contributed by atoms with Gasteiger partial charge in [0.15, 0.2) is 11.5 Å². The van der Waals surface area contributed by atoms with Crippen molar-refractivity contribution in [3.8, 4) is 23.0 Å². The maximum absolute atomic E-state index is 5.98. The average Bonchev–Trinajstić information content (AvgIpc) is 2.49. The van der Waals surface area contributed by atoms with Gasteiger partial charge in [-0.3, -0.25) is 4.98 Å². The predicted octanol–water partition coefficient (Wildman–Crippen LogP) is 2.61. The molecule has 1 aromatic heterocycles. The Kier molecular flexibility index (Phi) is 4.79. The summed E-state index contributed by atoms with van der Waals surface area (Å²) in [6.45, 7) is 0.667. The SMILES string of the molecule is CNCc1cnccc1Oc1c(OC)cccc1OC. The normalized spacial score (nSPS) is 10.2. The Morgan fingerprint density at radius 3 is 2.35 bits per heavy atom. The monoisotopic (exact) mass is 274 g/mol. The number of methoxy groups -OCH3 is 2. The first-order valence-corrected chi connectivity index (χ1v) is 6.26. The third-order valence-electron chi connectivity index (χ3n) is 2.82. The van der Waals surface area contributed by atoms with Crippen LogP contribution in [0.1, 0.15) is 5.56 Å². The molecule has 2 aromatic rings. The third kappa shape index (κ3) is 3.00. The Balaban J connectivity index is 2.39. The summed E-state index contributed by atoms with van der Waals surface area (Å²) in [6.07, 6.45) is 3.46. The lowest BCUT2D eigenvalue weighted by Crippen LogP contribution is -2.07. The topological polar surface area (TPSA) is 52.6 Å². The van der Waals surface area contributed by atoms with Crippen LogP contribution in [0.25, 0.3) is 0 Å². The lowest BCUT2D eigenvalue weighted by atomic mass is 10.2. The summed E-state index contributed by atoms with van der Waals surface area (Å²) in [7, 11) is 5.08. The van der Waals surface area contributed by atoms with Gasteiger partial charge < -0.3 is 19.5 Å². The highest BCUT2D eigenvalue weighted by atomic mass is 16.5. The summed E-state index contributed by atoms with van der Waals surface area (Å²) in [5, 5.41) is 3.08. The minimum atomic E-state index is 0.557. The second-order valence-corrected chi connectivity index (χ2v) is 4.11. The van der Waals surface area contributed by atoms with Gasteiger partial charge in [-0.2, -0.15) is 0 Å². The molecule has 2 rings (SSSR count). The van der Waals surface area contributed by atoms with Crippen molar-refractivity contribution in [2.24, 2.45) is 0 Å². The van der Waals surface area contributed by atoms with E-state index in [2.05, 4.69) is 10.3 Å². The molecule has 106 valence electrons. The van der Waals surface area contributed by atoms with Gasteiger partial charge in [-0.1, -0.05) is 6.07 Å². The summed E-state index contributed by atoms with van der Waals surface area (Å²) in [6, 6.07) is 7.33. The van der Waals surface area contributed by atoms with E-state index in [1.165, 1.54) is 0 Å². The van der Waals surface area contributed by atoms with Gasteiger partial charge in [0.25, 0.3) is 0 Å². The molecule has 0 radical (unpaired) electrons. The van der Waals surface area contributed by atoms with Crippen molar-refractivity contribution >= 4 is 0 Å². The fraction of sp³-hybridized carbons (Fsp3) is 0.267. The van der Waals surface area contributed by atoms with Gasteiger partial charge in [0, 0.05) is 24.5 Å². The van der Waals surface area contributed by atoms with Gasteiger partial charge >= 0.3 is 0 Å². The Bertz CT molecular complexity index is 551. The molecule has 0 atom stereocenters. The number of nitrogens with one attached hydrogen (secondary N) is 1. The quantitative estimate of drug-likeness (QED) is 0.877.